The molecule has 1 rings (SSSR count). The quantitative estimate of drug-likeness (QED) is 0.788. The number of nitrogens with zero attached hydrogens (tertiary/aromatic N) is 1. The maximum atomic E-state index is 11.9. The molecular weight excluding hydrogens is 200 g/mol. The van der Waals surface area contributed by atoms with Gasteiger partial charge in [0.05, 0.1) is 0 Å². The van der Waals surface area contributed by atoms with Gasteiger partial charge in [-0.25, -0.2) is 4.79 Å². The van der Waals surface area contributed by atoms with Crippen LogP contribution >= 0.6 is 0 Å². The van der Waals surface area contributed by atoms with Crippen LogP contribution in [0.3, 0.4) is 0 Å². The highest BCUT2D eigenvalue weighted by Crippen LogP contribution is 2.28. The van der Waals surface area contributed by atoms with E-state index in [1.54, 1.807) is 0 Å². The first-order valence-electron chi connectivity index (χ1n) is 6.62. The summed E-state index contributed by atoms with van der Waals surface area (Å²) in [6.07, 6.45) is 3.58. The third-order valence-corrected chi connectivity index (χ3v) is 3.56. The van der Waals surface area contributed by atoms with Crippen molar-refractivity contribution in [1.29, 1.82) is 0 Å². The maximum absolute atomic E-state index is 11.9. The summed E-state index contributed by atoms with van der Waals surface area (Å²) in [5, 5.41) is 3.17. The molecule has 94 valence electrons. The monoisotopic (exact) mass is 226 g/mol. The average molecular weight is 226 g/mol. The summed E-state index contributed by atoms with van der Waals surface area (Å²) in [7, 11) is 0. The molecule has 16 heavy (non-hydrogen) atoms. The Morgan fingerprint density at radius 3 is 2.06 bits per heavy atom. The van der Waals surface area contributed by atoms with Crippen LogP contribution in [0.25, 0.3) is 0 Å². The van der Waals surface area contributed by atoms with Gasteiger partial charge in [0, 0.05) is 19.1 Å². The standard InChI is InChI=1S/C13H26N2O/c1-5-15(6-2)13(16)14-12-8-10(3)7-11(4)9-12/h10-12H,5-9H2,1-4H3,(H,14,16). The van der Waals surface area contributed by atoms with Crippen LogP contribution in [0.5, 0.6) is 0 Å². The van der Waals surface area contributed by atoms with E-state index in [4.69, 9.17) is 0 Å². The van der Waals surface area contributed by atoms with Gasteiger partial charge in [0.15, 0.2) is 0 Å². The molecule has 2 atom stereocenters. The molecule has 0 aromatic heterocycles. The summed E-state index contributed by atoms with van der Waals surface area (Å²) in [6, 6.07) is 0.489. The first-order valence-corrected chi connectivity index (χ1v) is 6.62. The van der Waals surface area contributed by atoms with Crippen molar-refractivity contribution in [3.8, 4) is 0 Å². The van der Waals surface area contributed by atoms with Gasteiger partial charge < -0.3 is 10.2 Å². The minimum absolute atomic E-state index is 0.108. The lowest BCUT2D eigenvalue weighted by Crippen LogP contribution is -2.47. The minimum atomic E-state index is 0.108. The Morgan fingerprint density at radius 2 is 1.62 bits per heavy atom. The molecule has 1 fully saturated rings. The van der Waals surface area contributed by atoms with Crippen LogP contribution in [-0.2, 0) is 0 Å². The molecule has 0 aromatic carbocycles. The molecule has 0 bridgehead atoms. The van der Waals surface area contributed by atoms with Gasteiger partial charge in [-0.2, -0.15) is 0 Å². The summed E-state index contributed by atoms with van der Waals surface area (Å²) in [5.74, 6) is 1.48. The number of amides is 2. The lowest BCUT2D eigenvalue weighted by molar-refractivity contribution is 0.183. The second-order valence-electron chi connectivity index (χ2n) is 5.24. The van der Waals surface area contributed by atoms with E-state index in [9.17, 15) is 4.79 Å². The van der Waals surface area contributed by atoms with Crippen LogP contribution in [-0.4, -0.2) is 30.1 Å². The molecule has 1 saturated carbocycles. The highest BCUT2D eigenvalue weighted by molar-refractivity contribution is 5.74. The Kier molecular flexibility index (Phi) is 5.10. The van der Waals surface area contributed by atoms with Crippen LogP contribution in [0.1, 0.15) is 47.0 Å². The third-order valence-electron chi connectivity index (χ3n) is 3.56. The molecular formula is C13H26N2O. The van der Waals surface area contributed by atoms with Gasteiger partial charge in [-0.3, -0.25) is 0 Å². The molecule has 1 N–H and O–H groups in total. The predicted molar refractivity (Wildman–Crippen MR) is 67.4 cm³/mol. The maximum Gasteiger partial charge on any atom is 0.317 e. The Labute approximate surface area is 99.6 Å². The van der Waals surface area contributed by atoms with Crippen LogP contribution in [0.15, 0.2) is 0 Å². The fourth-order valence-electron chi connectivity index (χ4n) is 2.84. The van der Waals surface area contributed by atoms with Crippen LogP contribution in [0, 0.1) is 11.8 Å². The van der Waals surface area contributed by atoms with Gasteiger partial charge in [0.2, 0.25) is 0 Å². The minimum Gasteiger partial charge on any atom is -0.335 e. The van der Waals surface area contributed by atoms with Crippen LogP contribution in [0.2, 0.25) is 0 Å². The van der Waals surface area contributed by atoms with E-state index >= 15 is 0 Å². The number of hydrogen-bond acceptors (Lipinski definition) is 1. The van der Waals surface area contributed by atoms with E-state index in [2.05, 4.69) is 19.2 Å². The average Bonchev–Trinajstić information content (AvgIpc) is 2.17. The Morgan fingerprint density at radius 1 is 1.12 bits per heavy atom. The molecule has 2 unspecified atom stereocenters. The molecule has 2 amide bonds. The van der Waals surface area contributed by atoms with Crippen molar-refractivity contribution in [1.82, 2.24) is 10.2 Å². The Hall–Kier alpha value is -0.730. The molecule has 0 radical (unpaired) electrons. The zero-order chi connectivity index (χ0) is 12.1. The largest absolute Gasteiger partial charge is 0.335 e. The molecule has 0 heterocycles. The highest BCUT2D eigenvalue weighted by atomic mass is 16.2. The lowest BCUT2D eigenvalue weighted by atomic mass is 9.80. The molecule has 3 heteroatoms. The summed E-state index contributed by atoms with van der Waals surface area (Å²) in [5.41, 5.74) is 0. The van der Waals surface area contributed by atoms with Crippen molar-refractivity contribution in [3.63, 3.8) is 0 Å². The zero-order valence-corrected chi connectivity index (χ0v) is 11.1. The van der Waals surface area contributed by atoms with Crippen LogP contribution < -0.4 is 5.32 Å². The molecule has 0 spiro atoms. The van der Waals surface area contributed by atoms with E-state index in [0.717, 1.165) is 37.8 Å². The second kappa shape index (κ2) is 6.12. The summed E-state index contributed by atoms with van der Waals surface area (Å²) < 4.78 is 0. The van der Waals surface area contributed by atoms with E-state index in [-0.39, 0.29) is 6.03 Å². The number of nitrogens with one attached hydrogen (secondary N) is 1. The van der Waals surface area contributed by atoms with E-state index < -0.39 is 0 Å². The first kappa shape index (κ1) is 13.3. The van der Waals surface area contributed by atoms with Crippen molar-refractivity contribution in [2.24, 2.45) is 11.8 Å². The third kappa shape index (κ3) is 3.69. The predicted octanol–water partition coefficient (Wildman–Crippen LogP) is 2.86. The summed E-state index contributed by atoms with van der Waals surface area (Å²) in [6.45, 7) is 10.2. The molecule has 3 nitrogen and oxygen atoms in total. The van der Waals surface area contributed by atoms with Crippen LogP contribution in [0.4, 0.5) is 4.79 Å². The zero-order valence-electron chi connectivity index (χ0n) is 11.1. The van der Waals surface area contributed by atoms with Gasteiger partial charge in [-0.05, 0) is 44.9 Å². The van der Waals surface area contributed by atoms with E-state index in [0.29, 0.717) is 6.04 Å². The fourth-order valence-corrected chi connectivity index (χ4v) is 2.84. The topological polar surface area (TPSA) is 32.3 Å². The van der Waals surface area contributed by atoms with Crippen molar-refractivity contribution in [2.45, 2.75) is 53.0 Å². The number of carbonyl (C=O) groups excluding carboxylic acids is 1. The highest BCUT2D eigenvalue weighted by Gasteiger charge is 2.25. The van der Waals surface area contributed by atoms with Gasteiger partial charge in [0.25, 0.3) is 0 Å². The van der Waals surface area contributed by atoms with Crippen molar-refractivity contribution in [2.75, 3.05) is 13.1 Å². The fraction of sp³-hybridized carbons (Fsp3) is 0.923. The number of hydrogen-bond donors (Lipinski definition) is 1. The van der Waals surface area contributed by atoms with E-state index in [1.807, 2.05) is 18.7 Å². The SMILES string of the molecule is CCN(CC)C(=O)NC1CC(C)CC(C)C1. The number of carbonyl (C=O) groups is 1. The molecule has 0 aliphatic heterocycles. The van der Waals surface area contributed by atoms with Crippen molar-refractivity contribution < 1.29 is 4.79 Å². The Bertz CT molecular complexity index is 216. The molecule has 1 aliphatic rings. The molecule has 0 aromatic rings. The summed E-state index contributed by atoms with van der Waals surface area (Å²) >= 11 is 0. The normalized spacial score (nSPS) is 29.9. The summed E-state index contributed by atoms with van der Waals surface area (Å²) in [4.78, 5) is 13.8. The van der Waals surface area contributed by atoms with Gasteiger partial charge >= 0.3 is 6.03 Å². The molecule has 0 saturated heterocycles. The van der Waals surface area contributed by atoms with Gasteiger partial charge in [-0.15, -0.1) is 0 Å². The molecule has 1 aliphatic carbocycles. The van der Waals surface area contributed by atoms with Crippen molar-refractivity contribution >= 4 is 6.03 Å². The van der Waals surface area contributed by atoms with Crippen molar-refractivity contribution in [3.05, 3.63) is 0 Å². The van der Waals surface area contributed by atoms with E-state index in [1.165, 1.54) is 6.42 Å². The second-order valence-corrected chi connectivity index (χ2v) is 5.24. The van der Waals surface area contributed by atoms with Gasteiger partial charge in [-0.1, -0.05) is 13.8 Å². The number of urea groups is 1. The first-order chi connectivity index (χ1) is 7.56. The lowest BCUT2D eigenvalue weighted by Gasteiger charge is -2.33. The number of rotatable bonds is 3. The van der Waals surface area contributed by atoms with Gasteiger partial charge in [0.1, 0.15) is 0 Å². The Balaban J connectivity index is 2.43. The smallest absolute Gasteiger partial charge is 0.317 e.